The van der Waals surface area contributed by atoms with Crippen LogP contribution in [0.3, 0.4) is 0 Å². The third kappa shape index (κ3) is 2.17. The molecule has 19 heavy (non-hydrogen) atoms. The van der Waals surface area contributed by atoms with E-state index in [0.717, 1.165) is 29.9 Å². The van der Waals surface area contributed by atoms with Crippen LogP contribution in [0.1, 0.15) is 6.92 Å². The summed E-state index contributed by atoms with van der Waals surface area (Å²) in [5.41, 5.74) is 7.96. The van der Waals surface area contributed by atoms with Gasteiger partial charge in [0.05, 0.1) is 24.6 Å². The molecule has 0 saturated carbocycles. The molecule has 0 spiro atoms. The molecule has 2 aromatic rings. The lowest BCUT2D eigenvalue weighted by atomic mass is 10.1. The van der Waals surface area contributed by atoms with E-state index in [4.69, 9.17) is 10.5 Å². The van der Waals surface area contributed by atoms with E-state index in [1.54, 1.807) is 0 Å². The van der Waals surface area contributed by atoms with Crippen LogP contribution in [0.4, 0.5) is 5.82 Å². The molecular weight excluding hydrogens is 242 g/mol. The Morgan fingerprint density at radius 1 is 1.47 bits per heavy atom. The summed E-state index contributed by atoms with van der Waals surface area (Å²) in [5, 5.41) is 0. The third-order valence-electron chi connectivity index (χ3n) is 3.60. The number of rotatable bonds is 2. The summed E-state index contributed by atoms with van der Waals surface area (Å²) in [4.78, 5) is 11.2. The Bertz CT molecular complexity index is 579. The number of aromatic nitrogens is 3. The summed E-state index contributed by atoms with van der Waals surface area (Å²) < 4.78 is 7.69. The third-order valence-corrected chi connectivity index (χ3v) is 3.60. The van der Waals surface area contributed by atoms with Crippen molar-refractivity contribution in [3.8, 4) is 0 Å². The average Bonchev–Trinajstić information content (AvgIpc) is 2.81. The molecule has 6 nitrogen and oxygen atoms in total. The van der Waals surface area contributed by atoms with Crippen LogP contribution in [-0.4, -0.2) is 46.4 Å². The van der Waals surface area contributed by atoms with E-state index in [2.05, 4.69) is 14.9 Å². The zero-order valence-electron chi connectivity index (χ0n) is 11.3. The second kappa shape index (κ2) is 4.79. The van der Waals surface area contributed by atoms with Crippen molar-refractivity contribution in [3.05, 3.63) is 18.6 Å². The quantitative estimate of drug-likeness (QED) is 0.853. The van der Waals surface area contributed by atoms with Crippen molar-refractivity contribution in [2.24, 2.45) is 12.8 Å². The maximum absolute atomic E-state index is 5.93. The summed E-state index contributed by atoms with van der Waals surface area (Å²) in [5.74, 6) is 0.923. The molecule has 3 heterocycles. The lowest BCUT2D eigenvalue weighted by Crippen LogP contribution is -2.49. The molecule has 102 valence electrons. The first kappa shape index (κ1) is 12.4. The molecule has 0 aliphatic carbocycles. The Hall–Kier alpha value is -1.66. The van der Waals surface area contributed by atoms with E-state index in [-0.39, 0.29) is 12.1 Å². The highest BCUT2D eigenvalue weighted by Gasteiger charge is 2.25. The predicted octanol–water partition coefficient (Wildman–Crippen LogP) is 0.521. The summed E-state index contributed by atoms with van der Waals surface area (Å²) >= 11 is 0. The lowest BCUT2D eigenvalue weighted by Gasteiger charge is -2.35. The van der Waals surface area contributed by atoms with Gasteiger partial charge in [0.2, 0.25) is 0 Å². The first-order chi connectivity index (χ1) is 9.16. The molecule has 0 aromatic carbocycles. The van der Waals surface area contributed by atoms with Gasteiger partial charge in [0.1, 0.15) is 5.52 Å². The molecule has 2 N–H and O–H groups in total. The Kier molecular flexibility index (Phi) is 3.12. The topological polar surface area (TPSA) is 69.2 Å². The molecule has 1 fully saturated rings. The Morgan fingerprint density at radius 2 is 2.32 bits per heavy atom. The zero-order chi connectivity index (χ0) is 13.4. The number of hydrogen-bond donors (Lipinski definition) is 1. The van der Waals surface area contributed by atoms with Crippen molar-refractivity contribution < 1.29 is 4.74 Å². The van der Waals surface area contributed by atoms with Gasteiger partial charge < -0.3 is 19.9 Å². The first-order valence-corrected chi connectivity index (χ1v) is 6.55. The number of ether oxygens (including phenoxy) is 1. The Labute approximate surface area is 112 Å². The van der Waals surface area contributed by atoms with Crippen LogP contribution in [0.25, 0.3) is 11.0 Å². The van der Waals surface area contributed by atoms with Gasteiger partial charge in [-0.2, -0.15) is 0 Å². The molecule has 2 atom stereocenters. The van der Waals surface area contributed by atoms with Gasteiger partial charge in [-0.15, -0.1) is 0 Å². The minimum Gasteiger partial charge on any atom is -0.373 e. The van der Waals surface area contributed by atoms with E-state index < -0.39 is 0 Å². The number of morpholine rings is 1. The molecular formula is C13H19N5O. The van der Waals surface area contributed by atoms with E-state index in [9.17, 15) is 0 Å². The monoisotopic (exact) mass is 261 g/mol. The first-order valence-electron chi connectivity index (χ1n) is 6.55. The minimum atomic E-state index is 0.0192. The zero-order valence-corrected chi connectivity index (χ0v) is 11.3. The van der Waals surface area contributed by atoms with E-state index >= 15 is 0 Å². The summed E-state index contributed by atoms with van der Waals surface area (Å²) in [7, 11) is 1.99. The lowest BCUT2D eigenvalue weighted by molar-refractivity contribution is 0.0274. The van der Waals surface area contributed by atoms with Gasteiger partial charge in [-0.1, -0.05) is 0 Å². The van der Waals surface area contributed by atoms with Gasteiger partial charge in [-0.25, -0.2) is 9.97 Å². The molecule has 0 amide bonds. The Balaban J connectivity index is 1.95. The van der Waals surface area contributed by atoms with Gasteiger partial charge in [-0.3, -0.25) is 0 Å². The number of aryl methyl sites for hydroxylation is 1. The predicted molar refractivity (Wildman–Crippen MR) is 74.1 cm³/mol. The molecule has 3 rings (SSSR count). The fraction of sp³-hybridized carbons (Fsp3) is 0.538. The van der Waals surface area contributed by atoms with Gasteiger partial charge >= 0.3 is 0 Å². The van der Waals surface area contributed by atoms with Gasteiger partial charge in [0.15, 0.2) is 5.82 Å². The molecule has 1 saturated heterocycles. The smallest absolute Gasteiger partial charge is 0.156 e. The number of nitrogens with two attached hydrogens (primary N) is 1. The van der Waals surface area contributed by atoms with Gasteiger partial charge in [0, 0.05) is 32.4 Å². The van der Waals surface area contributed by atoms with Crippen molar-refractivity contribution in [2.75, 3.05) is 24.6 Å². The van der Waals surface area contributed by atoms with Crippen LogP contribution < -0.4 is 10.6 Å². The fourth-order valence-electron chi connectivity index (χ4n) is 2.47. The van der Waals surface area contributed by atoms with Crippen LogP contribution in [0.5, 0.6) is 0 Å². The van der Waals surface area contributed by atoms with Crippen LogP contribution in [0, 0.1) is 0 Å². The van der Waals surface area contributed by atoms with E-state index in [0.29, 0.717) is 6.61 Å². The number of pyridine rings is 1. The van der Waals surface area contributed by atoms with E-state index in [1.807, 2.05) is 37.1 Å². The second-order valence-electron chi connectivity index (χ2n) is 5.07. The molecule has 1 aliphatic heterocycles. The number of imidazole rings is 1. The Morgan fingerprint density at radius 3 is 3.11 bits per heavy atom. The van der Waals surface area contributed by atoms with Crippen LogP contribution in [-0.2, 0) is 11.8 Å². The standard InChI is InChI=1S/C13H19N5O/c1-9(14)11-7-18(5-6-19-11)13-12-10(3-4-15-13)17(2)8-16-12/h3-4,8-9,11H,5-7,14H2,1-2H3. The number of hydrogen-bond acceptors (Lipinski definition) is 5. The van der Waals surface area contributed by atoms with Crippen LogP contribution in [0.15, 0.2) is 18.6 Å². The average molecular weight is 261 g/mol. The van der Waals surface area contributed by atoms with Crippen LogP contribution >= 0.6 is 0 Å². The van der Waals surface area contributed by atoms with Crippen molar-refractivity contribution in [2.45, 2.75) is 19.1 Å². The maximum atomic E-state index is 5.93. The molecule has 1 aliphatic rings. The van der Waals surface area contributed by atoms with E-state index in [1.165, 1.54) is 0 Å². The molecule has 0 bridgehead atoms. The van der Waals surface area contributed by atoms with Crippen molar-refractivity contribution >= 4 is 16.9 Å². The summed E-state index contributed by atoms with van der Waals surface area (Å²) in [6.07, 6.45) is 3.70. The number of fused-ring (bicyclic) bond motifs is 1. The normalized spacial score (nSPS) is 21.8. The molecule has 0 radical (unpaired) electrons. The largest absolute Gasteiger partial charge is 0.373 e. The number of nitrogens with zero attached hydrogens (tertiary/aromatic N) is 4. The molecule has 2 aromatic heterocycles. The van der Waals surface area contributed by atoms with Crippen LogP contribution in [0.2, 0.25) is 0 Å². The summed E-state index contributed by atoms with van der Waals surface area (Å²) in [6, 6.07) is 2.00. The van der Waals surface area contributed by atoms with Gasteiger partial charge in [0.25, 0.3) is 0 Å². The maximum Gasteiger partial charge on any atom is 0.156 e. The number of anilines is 1. The van der Waals surface area contributed by atoms with Crippen molar-refractivity contribution in [3.63, 3.8) is 0 Å². The second-order valence-corrected chi connectivity index (χ2v) is 5.07. The minimum absolute atomic E-state index is 0.0192. The fourth-order valence-corrected chi connectivity index (χ4v) is 2.47. The molecule has 6 heteroatoms. The van der Waals surface area contributed by atoms with Crippen molar-refractivity contribution in [1.82, 2.24) is 14.5 Å². The SMILES string of the molecule is CC(N)C1CN(c2nccc3c2ncn3C)CCO1. The highest BCUT2D eigenvalue weighted by molar-refractivity contribution is 5.86. The highest BCUT2D eigenvalue weighted by Crippen LogP contribution is 2.24. The van der Waals surface area contributed by atoms with Crippen molar-refractivity contribution in [1.29, 1.82) is 0 Å². The molecule has 2 unspecified atom stereocenters. The summed E-state index contributed by atoms with van der Waals surface area (Å²) in [6.45, 7) is 4.24. The highest BCUT2D eigenvalue weighted by atomic mass is 16.5. The van der Waals surface area contributed by atoms with Gasteiger partial charge in [-0.05, 0) is 13.0 Å².